The Bertz CT molecular complexity index is 1240. The third-order valence-electron chi connectivity index (χ3n) is 5.40. The van der Waals surface area contributed by atoms with Gasteiger partial charge in [-0.3, -0.25) is 9.69 Å². The first kappa shape index (κ1) is 22.1. The fourth-order valence-electron chi connectivity index (χ4n) is 3.60. The molecule has 1 aliphatic rings. The average molecular weight is 497 g/mol. The quantitative estimate of drug-likeness (QED) is 0.331. The molecule has 0 unspecified atom stereocenters. The molecule has 0 saturated carbocycles. The number of thiophene rings is 1. The van der Waals surface area contributed by atoms with Crippen LogP contribution in [0.3, 0.4) is 0 Å². The van der Waals surface area contributed by atoms with Gasteiger partial charge in [0.25, 0.3) is 0 Å². The van der Waals surface area contributed by atoms with Gasteiger partial charge in [-0.15, -0.1) is 22.7 Å². The molecular weight excluding hydrogens is 475 g/mol. The van der Waals surface area contributed by atoms with E-state index in [1.54, 1.807) is 47.0 Å². The molecule has 5 nitrogen and oxygen atoms in total. The van der Waals surface area contributed by atoms with Crippen LogP contribution in [0, 0.1) is 5.82 Å². The molecule has 0 radical (unpaired) electrons. The predicted molar refractivity (Wildman–Crippen MR) is 134 cm³/mol. The van der Waals surface area contributed by atoms with Gasteiger partial charge in [0.05, 0.1) is 11.4 Å². The number of carbonyl (C=O) groups excluding carboxylic acids is 1. The van der Waals surface area contributed by atoms with Gasteiger partial charge in [-0.2, -0.15) is 11.3 Å². The highest BCUT2D eigenvalue weighted by Gasteiger charge is 2.20. The van der Waals surface area contributed by atoms with Gasteiger partial charge in [-0.1, -0.05) is 0 Å². The molecule has 3 aromatic heterocycles. The van der Waals surface area contributed by atoms with E-state index in [1.807, 2.05) is 10.3 Å². The fourth-order valence-corrected chi connectivity index (χ4v) is 5.92. The third-order valence-corrected chi connectivity index (χ3v) is 7.93. The molecule has 1 aliphatic heterocycles. The van der Waals surface area contributed by atoms with Gasteiger partial charge < -0.3 is 4.90 Å². The predicted octanol–water partition coefficient (Wildman–Crippen LogP) is 5.49. The lowest BCUT2D eigenvalue weighted by Gasteiger charge is -2.33. The third kappa shape index (κ3) is 5.44. The maximum absolute atomic E-state index is 13.1. The maximum atomic E-state index is 13.1. The fraction of sp³-hybridized carbons (Fsp3) is 0.208. The van der Waals surface area contributed by atoms with Gasteiger partial charge >= 0.3 is 0 Å². The van der Waals surface area contributed by atoms with Crippen molar-refractivity contribution in [2.45, 2.75) is 6.54 Å². The number of aromatic nitrogens is 2. The molecule has 1 fully saturated rings. The van der Waals surface area contributed by atoms with E-state index in [4.69, 9.17) is 4.98 Å². The molecule has 9 heteroatoms. The molecular formula is C24H21FN4OS3. The van der Waals surface area contributed by atoms with Crippen molar-refractivity contribution in [3.63, 3.8) is 0 Å². The van der Waals surface area contributed by atoms with Crippen LogP contribution >= 0.6 is 34.0 Å². The number of thiazole rings is 2. The summed E-state index contributed by atoms with van der Waals surface area (Å²) < 4.78 is 13.1. The van der Waals surface area contributed by atoms with Gasteiger partial charge in [-0.05, 0) is 41.8 Å². The highest BCUT2D eigenvalue weighted by atomic mass is 32.1. The molecule has 33 heavy (non-hydrogen) atoms. The van der Waals surface area contributed by atoms with E-state index in [1.165, 1.54) is 29.0 Å². The van der Waals surface area contributed by atoms with Crippen LogP contribution in [0.25, 0.3) is 27.2 Å². The second-order valence-corrected chi connectivity index (χ2v) is 10.2. The van der Waals surface area contributed by atoms with Crippen LogP contribution in [0.1, 0.15) is 11.4 Å². The Hall–Kier alpha value is -2.72. The molecule has 0 spiro atoms. The molecule has 5 rings (SSSR count). The second kappa shape index (κ2) is 10.0. The number of amides is 1. The molecule has 1 saturated heterocycles. The van der Waals surface area contributed by atoms with Crippen molar-refractivity contribution < 1.29 is 9.18 Å². The minimum Gasteiger partial charge on any atom is -0.337 e. The summed E-state index contributed by atoms with van der Waals surface area (Å²) in [7, 11) is 0. The molecule has 1 amide bonds. The Balaban J connectivity index is 1.12. The molecule has 0 atom stereocenters. The van der Waals surface area contributed by atoms with Gasteiger partial charge in [0, 0.05) is 66.1 Å². The van der Waals surface area contributed by atoms with Crippen LogP contribution in [-0.4, -0.2) is 51.9 Å². The number of hydrogen-bond donors (Lipinski definition) is 0. The average Bonchev–Trinajstić information content (AvgIpc) is 3.60. The van der Waals surface area contributed by atoms with E-state index in [9.17, 15) is 9.18 Å². The number of rotatable bonds is 6. The highest BCUT2D eigenvalue weighted by molar-refractivity contribution is 7.14. The van der Waals surface area contributed by atoms with Crippen molar-refractivity contribution >= 4 is 46.0 Å². The first-order valence-corrected chi connectivity index (χ1v) is 13.2. The summed E-state index contributed by atoms with van der Waals surface area (Å²) in [5, 5.41) is 10.1. The van der Waals surface area contributed by atoms with Crippen LogP contribution in [-0.2, 0) is 11.3 Å². The first-order valence-electron chi connectivity index (χ1n) is 10.5. The lowest BCUT2D eigenvalue weighted by Crippen LogP contribution is -2.47. The zero-order chi connectivity index (χ0) is 22.6. The van der Waals surface area contributed by atoms with E-state index in [0.717, 1.165) is 46.6 Å². The van der Waals surface area contributed by atoms with E-state index in [-0.39, 0.29) is 11.7 Å². The molecule has 168 valence electrons. The number of hydrogen-bond acceptors (Lipinski definition) is 7. The van der Waals surface area contributed by atoms with E-state index >= 15 is 0 Å². The number of piperazine rings is 1. The van der Waals surface area contributed by atoms with Gasteiger partial charge in [-0.25, -0.2) is 14.4 Å². The lowest BCUT2D eigenvalue weighted by atomic mass is 10.2. The van der Waals surface area contributed by atoms with Crippen LogP contribution in [0.2, 0.25) is 0 Å². The van der Waals surface area contributed by atoms with Crippen LogP contribution in [0.4, 0.5) is 4.39 Å². The first-order chi connectivity index (χ1) is 16.1. The molecule has 4 aromatic rings. The normalized spacial score (nSPS) is 14.9. The van der Waals surface area contributed by atoms with Crippen molar-refractivity contribution in [2.24, 2.45) is 0 Å². The molecule has 1 aromatic carbocycles. The van der Waals surface area contributed by atoms with Crippen molar-refractivity contribution in [1.82, 2.24) is 19.8 Å². The zero-order valence-corrected chi connectivity index (χ0v) is 20.1. The molecule has 4 heterocycles. The molecule has 0 aliphatic carbocycles. The summed E-state index contributed by atoms with van der Waals surface area (Å²) in [5.41, 5.74) is 3.87. The minimum absolute atomic E-state index is 0.000570. The monoisotopic (exact) mass is 496 g/mol. The maximum Gasteiger partial charge on any atom is 0.246 e. The lowest BCUT2D eigenvalue weighted by molar-refractivity contribution is -0.127. The number of benzene rings is 1. The summed E-state index contributed by atoms with van der Waals surface area (Å²) in [4.78, 5) is 26.1. The molecule has 0 N–H and O–H groups in total. The summed E-state index contributed by atoms with van der Waals surface area (Å²) in [6.07, 6.45) is 3.34. The van der Waals surface area contributed by atoms with Gasteiger partial charge in [0.15, 0.2) is 0 Å². The Kier molecular flexibility index (Phi) is 6.73. The number of carbonyl (C=O) groups is 1. The summed E-state index contributed by atoms with van der Waals surface area (Å²) in [6.45, 7) is 3.86. The van der Waals surface area contributed by atoms with E-state index in [2.05, 4.69) is 32.1 Å². The standard InChI is InChI=1S/C24H21FN4OS3/c25-19-3-1-17(2-4-19)23-26-20(15-32-23)5-6-22(30)29-10-8-28(9-11-29)13-21-16-33-24(27-21)18-7-12-31-14-18/h1-7,12,14-16H,8-11,13H2. The highest BCUT2D eigenvalue weighted by Crippen LogP contribution is 2.26. The van der Waals surface area contributed by atoms with Gasteiger partial charge in [0.2, 0.25) is 5.91 Å². The Morgan fingerprint density at radius 3 is 2.45 bits per heavy atom. The SMILES string of the molecule is O=C(C=Cc1csc(-c2ccc(F)cc2)n1)N1CCN(Cc2csc(-c3ccsc3)n2)CC1. The minimum atomic E-state index is -0.268. The van der Waals surface area contributed by atoms with Crippen molar-refractivity contribution in [2.75, 3.05) is 26.2 Å². The van der Waals surface area contributed by atoms with Crippen LogP contribution in [0.5, 0.6) is 0 Å². The summed E-state index contributed by atoms with van der Waals surface area (Å²) in [6, 6.07) is 8.36. The summed E-state index contributed by atoms with van der Waals surface area (Å²) >= 11 is 4.84. The second-order valence-electron chi connectivity index (χ2n) is 7.68. The van der Waals surface area contributed by atoms with Crippen LogP contribution in [0.15, 0.2) is 57.9 Å². The Labute approximate surface area is 203 Å². The summed E-state index contributed by atoms with van der Waals surface area (Å²) in [5.74, 6) is -0.268. The number of nitrogens with zero attached hydrogens (tertiary/aromatic N) is 4. The van der Waals surface area contributed by atoms with Gasteiger partial charge in [0.1, 0.15) is 15.8 Å². The van der Waals surface area contributed by atoms with E-state index < -0.39 is 0 Å². The van der Waals surface area contributed by atoms with Crippen molar-refractivity contribution in [1.29, 1.82) is 0 Å². The van der Waals surface area contributed by atoms with Crippen molar-refractivity contribution in [3.05, 3.63) is 75.1 Å². The smallest absolute Gasteiger partial charge is 0.246 e. The topological polar surface area (TPSA) is 49.3 Å². The van der Waals surface area contributed by atoms with Crippen LogP contribution < -0.4 is 0 Å². The number of halogens is 1. The zero-order valence-electron chi connectivity index (χ0n) is 17.7. The Morgan fingerprint density at radius 2 is 1.70 bits per heavy atom. The van der Waals surface area contributed by atoms with Crippen molar-refractivity contribution in [3.8, 4) is 21.1 Å². The van der Waals surface area contributed by atoms with E-state index in [0.29, 0.717) is 13.1 Å². The molecule has 0 bridgehead atoms. The Morgan fingerprint density at radius 1 is 0.939 bits per heavy atom. The largest absolute Gasteiger partial charge is 0.337 e.